The average molecular weight is 868 g/mol. The number of rotatable bonds is 1. The van der Waals surface area contributed by atoms with Gasteiger partial charge in [0, 0.05) is 41.2 Å². The molecule has 0 saturated carbocycles. The van der Waals surface area contributed by atoms with Gasteiger partial charge in [-0.15, -0.1) is 0 Å². The summed E-state index contributed by atoms with van der Waals surface area (Å²) >= 11 is 30.2. The molecule has 0 nitrogen and oxygen atoms in total. The Balaban J connectivity index is 2.48. The van der Waals surface area contributed by atoms with Crippen LogP contribution in [-0.2, 0) is 10.8 Å². The maximum atomic E-state index is 3.87. The largest absolute Gasteiger partial charge is 0.0557 e. The first-order valence-corrected chi connectivity index (χ1v) is 13.9. The molecule has 0 aliphatic heterocycles. The third kappa shape index (κ3) is 3.40. The van der Waals surface area contributed by atoms with Crippen LogP contribution in [0, 0.1) is 0 Å². The maximum absolute atomic E-state index is 3.87. The van der Waals surface area contributed by atoms with Crippen LogP contribution in [0.15, 0.2) is 41.8 Å². The van der Waals surface area contributed by atoms with Crippen molar-refractivity contribution in [1.82, 2.24) is 0 Å². The molecule has 1 unspecified atom stereocenters. The molecule has 0 N–H and O–H groups in total. The van der Waals surface area contributed by atoms with Gasteiger partial charge in [0.2, 0.25) is 0 Å². The van der Waals surface area contributed by atoms with Gasteiger partial charge >= 0.3 is 0 Å². The monoisotopic (exact) mass is 859 g/mol. The molecule has 0 amide bonds. The zero-order valence-corrected chi connectivity index (χ0v) is 26.5. The van der Waals surface area contributed by atoms with Crippen LogP contribution in [0.3, 0.4) is 0 Å². The smallest absolute Gasteiger partial charge is 0.0474 e. The fourth-order valence-electron chi connectivity index (χ4n) is 4.13. The van der Waals surface area contributed by atoms with E-state index in [1.165, 1.54) is 16.7 Å². The van der Waals surface area contributed by atoms with E-state index in [4.69, 9.17) is 0 Å². The Hall–Kier alpha value is 2.28. The molecule has 26 heavy (non-hydrogen) atoms. The SMILES string of the molecule is CC1(C)CC(C)(c2c(Br)cc(Br)c(Br)c2Br)c2c(Br)c(Br)c(Br)c(Br)c21. The molecular weight excluding hydrogens is 855 g/mol. The first kappa shape index (κ1) is 23.0. The van der Waals surface area contributed by atoms with E-state index in [-0.39, 0.29) is 10.8 Å². The fourth-order valence-corrected chi connectivity index (χ4v) is 10.5. The number of fused-ring (bicyclic) bond motifs is 1. The van der Waals surface area contributed by atoms with E-state index in [0.717, 1.165) is 42.2 Å². The maximum Gasteiger partial charge on any atom is 0.0474 e. The van der Waals surface area contributed by atoms with Crippen LogP contribution >= 0.6 is 127 Å². The Bertz CT molecular complexity index is 947. The van der Waals surface area contributed by atoms with Gasteiger partial charge in [-0.2, -0.15) is 0 Å². The second-order valence-electron chi connectivity index (χ2n) is 7.24. The summed E-state index contributed by atoms with van der Waals surface area (Å²) in [5.41, 5.74) is 3.69. The van der Waals surface area contributed by atoms with Crippen LogP contribution < -0.4 is 0 Å². The zero-order valence-electron chi connectivity index (χ0n) is 13.8. The van der Waals surface area contributed by atoms with Gasteiger partial charge in [0.25, 0.3) is 0 Å². The average Bonchev–Trinajstić information content (AvgIpc) is 2.74. The van der Waals surface area contributed by atoms with Crippen LogP contribution in [-0.4, -0.2) is 0 Å². The molecule has 8 heteroatoms. The van der Waals surface area contributed by atoms with Crippen molar-refractivity contribution < 1.29 is 0 Å². The molecule has 0 heterocycles. The molecule has 2 aromatic carbocycles. The van der Waals surface area contributed by atoms with Crippen LogP contribution in [0.4, 0.5) is 0 Å². The second-order valence-corrected chi connectivity index (χ2v) is 13.7. The number of halogens is 8. The van der Waals surface area contributed by atoms with Gasteiger partial charge in [0.05, 0.1) is 0 Å². The van der Waals surface area contributed by atoms with Crippen molar-refractivity contribution in [2.24, 2.45) is 0 Å². The van der Waals surface area contributed by atoms with Gasteiger partial charge in [0.1, 0.15) is 0 Å². The highest BCUT2D eigenvalue weighted by atomic mass is 79.9. The topological polar surface area (TPSA) is 0 Å². The lowest BCUT2D eigenvalue weighted by molar-refractivity contribution is 0.421. The third-order valence-electron chi connectivity index (χ3n) is 4.96. The van der Waals surface area contributed by atoms with Crippen LogP contribution in [0.25, 0.3) is 0 Å². The molecule has 1 aliphatic carbocycles. The van der Waals surface area contributed by atoms with E-state index < -0.39 is 0 Å². The Labute approximate surface area is 221 Å². The summed E-state index contributed by atoms with van der Waals surface area (Å²) in [6.45, 7) is 6.94. The summed E-state index contributed by atoms with van der Waals surface area (Å²) in [4.78, 5) is 0. The van der Waals surface area contributed by atoms with Crippen molar-refractivity contribution in [3.05, 3.63) is 58.5 Å². The van der Waals surface area contributed by atoms with E-state index in [1.807, 2.05) is 0 Å². The summed E-state index contributed by atoms with van der Waals surface area (Å²) in [5, 5.41) is 0. The number of benzene rings is 2. The standard InChI is InChI=1S/C18H12Br8/c1-17(2)5-18(3,8-6(19)4-7(20)11(21)12(8)22)10-9(17)13(23)15(25)16(26)14(10)24/h4H,5H2,1-3H3. The van der Waals surface area contributed by atoms with E-state index in [1.54, 1.807) is 0 Å². The Morgan fingerprint density at radius 3 is 1.58 bits per heavy atom. The Kier molecular flexibility index (Phi) is 6.85. The summed E-state index contributed by atoms with van der Waals surface area (Å²) in [5.74, 6) is 0. The van der Waals surface area contributed by atoms with Crippen LogP contribution in [0.1, 0.15) is 43.9 Å². The van der Waals surface area contributed by atoms with Gasteiger partial charge in [-0.05, 0) is 146 Å². The fraction of sp³-hybridized carbons (Fsp3) is 0.333. The lowest BCUT2D eigenvalue weighted by Gasteiger charge is -2.32. The van der Waals surface area contributed by atoms with Gasteiger partial charge in [-0.1, -0.05) is 36.7 Å². The highest BCUT2D eigenvalue weighted by molar-refractivity contribution is 9.15. The molecule has 1 atom stereocenters. The quantitative estimate of drug-likeness (QED) is 0.198. The van der Waals surface area contributed by atoms with Crippen molar-refractivity contribution in [3.8, 4) is 0 Å². The first-order chi connectivity index (χ1) is 11.8. The summed E-state index contributed by atoms with van der Waals surface area (Å²) < 4.78 is 8.44. The van der Waals surface area contributed by atoms with E-state index in [0.29, 0.717) is 0 Å². The Morgan fingerprint density at radius 1 is 0.577 bits per heavy atom. The van der Waals surface area contributed by atoms with Crippen LogP contribution in [0.5, 0.6) is 0 Å². The minimum Gasteiger partial charge on any atom is -0.0557 e. The van der Waals surface area contributed by atoms with Crippen molar-refractivity contribution in [2.45, 2.75) is 38.0 Å². The summed E-state index contributed by atoms with van der Waals surface area (Å²) in [6.07, 6.45) is 0.987. The molecule has 0 radical (unpaired) electrons. The van der Waals surface area contributed by atoms with Crippen LogP contribution in [0.2, 0.25) is 0 Å². The van der Waals surface area contributed by atoms with Gasteiger partial charge < -0.3 is 0 Å². The molecule has 0 aromatic heterocycles. The van der Waals surface area contributed by atoms with Crippen molar-refractivity contribution in [3.63, 3.8) is 0 Å². The highest BCUT2D eigenvalue weighted by Gasteiger charge is 2.50. The molecule has 3 rings (SSSR count). The van der Waals surface area contributed by atoms with Crippen molar-refractivity contribution >= 4 is 127 Å². The number of hydrogen-bond donors (Lipinski definition) is 0. The molecule has 2 aromatic rings. The summed E-state index contributed by atoms with van der Waals surface area (Å²) in [7, 11) is 0. The highest BCUT2D eigenvalue weighted by Crippen LogP contribution is 2.62. The van der Waals surface area contributed by atoms with Gasteiger partial charge in [-0.3, -0.25) is 0 Å². The number of hydrogen-bond acceptors (Lipinski definition) is 0. The molecule has 0 saturated heterocycles. The minimum absolute atomic E-state index is 0.00703. The normalized spacial score (nSPS) is 21.2. The Morgan fingerprint density at radius 2 is 1.04 bits per heavy atom. The molecular formula is C18H12Br8. The molecule has 0 fully saturated rings. The third-order valence-corrected chi connectivity index (χ3v) is 13.7. The molecule has 1 aliphatic rings. The lowest BCUT2D eigenvalue weighted by atomic mass is 9.75. The van der Waals surface area contributed by atoms with Crippen molar-refractivity contribution in [1.29, 1.82) is 0 Å². The predicted octanol–water partition coefficient (Wildman–Crippen LogP) is 10.8. The summed E-state index contributed by atoms with van der Waals surface area (Å²) in [6, 6.07) is 2.11. The zero-order chi connectivity index (χ0) is 19.8. The van der Waals surface area contributed by atoms with Gasteiger partial charge in [-0.25, -0.2) is 0 Å². The molecule has 0 bridgehead atoms. The second kappa shape index (κ2) is 7.76. The van der Waals surface area contributed by atoms with Crippen molar-refractivity contribution in [2.75, 3.05) is 0 Å². The van der Waals surface area contributed by atoms with E-state index in [2.05, 4.69) is 154 Å². The van der Waals surface area contributed by atoms with Gasteiger partial charge in [0.15, 0.2) is 0 Å². The first-order valence-electron chi connectivity index (χ1n) is 7.55. The van der Waals surface area contributed by atoms with E-state index in [9.17, 15) is 0 Å². The van der Waals surface area contributed by atoms with E-state index >= 15 is 0 Å². The molecule has 0 spiro atoms. The predicted molar refractivity (Wildman–Crippen MR) is 139 cm³/mol. The molecule has 140 valence electrons. The minimum atomic E-state index is -0.190. The lowest BCUT2D eigenvalue weighted by Crippen LogP contribution is -2.25.